The maximum atomic E-state index is 15.0. The number of benzene rings is 3. The van der Waals surface area contributed by atoms with Crippen LogP contribution in [0, 0.1) is 5.82 Å². The highest BCUT2D eigenvalue weighted by molar-refractivity contribution is 6.22. The van der Waals surface area contributed by atoms with Gasteiger partial charge in [0.2, 0.25) is 0 Å². The predicted molar refractivity (Wildman–Crippen MR) is 133 cm³/mol. The fraction of sp³-hybridized carbons (Fsp3) is 0.148. The standard InChI is InChI=1S/C27H22FN5O/c1-32-13-14-33-25-20(9-6-12-23(25)32)24(19-8-3-4-10-21(19)28)31-26(27(33)34)30-18-15-17-7-2-5-11-22(17)29-16-18/h2-12,15-16,26,30H,13-14H2,1H3. The van der Waals surface area contributed by atoms with Gasteiger partial charge in [-0.3, -0.25) is 9.78 Å². The van der Waals surface area contributed by atoms with Crippen molar-refractivity contribution in [3.05, 3.63) is 95.9 Å². The smallest absolute Gasteiger partial charge is 0.272 e. The van der Waals surface area contributed by atoms with Crippen molar-refractivity contribution >= 4 is 39.6 Å². The Morgan fingerprint density at radius 3 is 2.65 bits per heavy atom. The normalized spacial score (nSPS) is 17.3. The van der Waals surface area contributed by atoms with Crippen LogP contribution in [0.4, 0.5) is 21.5 Å². The number of aliphatic imine (C=N–C) groups is 1. The fourth-order valence-corrected chi connectivity index (χ4v) is 4.69. The molecule has 1 aromatic heterocycles. The number of hydrogen-bond donors (Lipinski definition) is 1. The molecule has 0 bridgehead atoms. The van der Waals surface area contributed by atoms with Gasteiger partial charge in [0, 0.05) is 36.7 Å². The third-order valence-electron chi connectivity index (χ3n) is 6.39. The van der Waals surface area contributed by atoms with Gasteiger partial charge in [-0.25, -0.2) is 9.38 Å². The lowest BCUT2D eigenvalue weighted by Crippen LogP contribution is -2.48. The van der Waals surface area contributed by atoms with Crippen LogP contribution in [0.5, 0.6) is 0 Å². The van der Waals surface area contributed by atoms with Crippen molar-refractivity contribution in [3.8, 4) is 0 Å². The summed E-state index contributed by atoms with van der Waals surface area (Å²) < 4.78 is 15.0. The van der Waals surface area contributed by atoms with Gasteiger partial charge < -0.3 is 15.1 Å². The first kappa shape index (κ1) is 20.4. The third kappa shape index (κ3) is 3.28. The van der Waals surface area contributed by atoms with Crippen LogP contribution in [0.25, 0.3) is 10.9 Å². The summed E-state index contributed by atoms with van der Waals surface area (Å²) in [5, 5.41) is 4.21. The lowest BCUT2D eigenvalue weighted by molar-refractivity contribution is -0.119. The van der Waals surface area contributed by atoms with E-state index in [0.29, 0.717) is 30.1 Å². The third-order valence-corrected chi connectivity index (χ3v) is 6.39. The number of nitrogens with one attached hydrogen (secondary N) is 1. The van der Waals surface area contributed by atoms with Crippen molar-refractivity contribution in [2.45, 2.75) is 6.17 Å². The number of aromatic nitrogens is 1. The summed E-state index contributed by atoms with van der Waals surface area (Å²) in [6, 6.07) is 22.1. The van der Waals surface area contributed by atoms with E-state index < -0.39 is 6.17 Å². The zero-order valence-corrected chi connectivity index (χ0v) is 18.6. The van der Waals surface area contributed by atoms with E-state index in [1.165, 1.54) is 6.07 Å². The number of amides is 1. The molecule has 0 fully saturated rings. The van der Waals surface area contributed by atoms with Crippen LogP contribution in [0.2, 0.25) is 0 Å². The Balaban J connectivity index is 1.52. The second kappa shape index (κ2) is 7.95. The Hall–Kier alpha value is -4.26. The van der Waals surface area contributed by atoms with Crippen LogP contribution in [0.3, 0.4) is 0 Å². The molecule has 6 nitrogen and oxygen atoms in total. The number of likely N-dealkylation sites (N-methyl/N-ethyl adjacent to an activating group) is 1. The second-order valence-electron chi connectivity index (χ2n) is 8.51. The average Bonchev–Trinajstić information content (AvgIpc) is 2.97. The van der Waals surface area contributed by atoms with E-state index in [2.05, 4.69) is 15.2 Å². The van der Waals surface area contributed by atoms with Crippen molar-refractivity contribution in [1.29, 1.82) is 0 Å². The van der Waals surface area contributed by atoms with E-state index in [1.807, 2.05) is 55.6 Å². The van der Waals surface area contributed by atoms with Crippen LogP contribution < -0.4 is 15.1 Å². The minimum absolute atomic E-state index is 0.179. The van der Waals surface area contributed by atoms with E-state index >= 15 is 0 Å². The molecule has 0 saturated carbocycles. The fourth-order valence-electron chi connectivity index (χ4n) is 4.69. The van der Waals surface area contributed by atoms with E-state index in [1.54, 1.807) is 29.3 Å². The van der Waals surface area contributed by atoms with Crippen LogP contribution in [0.15, 0.2) is 84.0 Å². The highest BCUT2D eigenvalue weighted by Crippen LogP contribution is 2.39. The molecule has 0 radical (unpaired) electrons. The SMILES string of the molecule is CN1CCN2C(=O)C(Nc3cnc4ccccc4c3)N=C(c3ccccc3F)c3cccc1c32. The van der Waals surface area contributed by atoms with Crippen LogP contribution in [-0.2, 0) is 4.79 Å². The lowest BCUT2D eigenvalue weighted by Gasteiger charge is -2.36. The van der Waals surface area contributed by atoms with Gasteiger partial charge in [0.15, 0.2) is 6.17 Å². The number of carbonyl (C=O) groups excluding carboxylic acids is 1. The number of para-hydroxylation sites is 2. The first-order valence-corrected chi connectivity index (χ1v) is 11.2. The van der Waals surface area contributed by atoms with Gasteiger partial charge >= 0.3 is 0 Å². The van der Waals surface area contributed by atoms with E-state index in [9.17, 15) is 9.18 Å². The summed E-state index contributed by atoms with van der Waals surface area (Å²) >= 11 is 0. The largest absolute Gasteiger partial charge is 0.371 e. The van der Waals surface area contributed by atoms with Gasteiger partial charge in [-0.05, 0) is 30.3 Å². The Morgan fingerprint density at radius 2 is 1.76 bits per heavy atom. The van der Waals surface area contributed by atoms with Crippen LogP contribution >= 0.6 is 0 Å². The molecular weight excluding hydrogens is 429 g/mol. The quantitative estimate of drug-likeness (QED) is 0.500. The maximum absolute atomic E-state index is 15.0. The van der Waals surface area contributed by atoms with E-state index in [-0.39, 0.29) is 11.7 Å². The minimum atomic E-state index is -0.929. The molecule has 4 aromatic rings. The number of anilines is 3. The van der Waals surface area contributed by atoms with Gasteiger partial charge in [-0.2, -0.15) is 0 Å². The Kier molecular flexibility index (Phi) is 4.76. The Bertz CT molecular complexity index is 1470. The molecule has 0 saturated heterocycles. The summed E-state index contributed by atoms with van der Waals surface area (Å²) in [6.45, 7) is 1.22. The molecule has 1 unspecified atom stereocenters. The molecule has 34 heavy (non-hydrogen) atoms. The lowest BCUT2D eigenvalue weighted by atomic mass is 9.97. The summed E-state index contributed by atoms with van der Waals surface area (Å²) in [7, 11) is 2.00. The molecule has 3 aromatic carbocycles. The van der Waals surface area contributed by atoms with Crippen molar-refractivity contribution in [1.82, 2.24) is 4.98 Å². The number of hydrogen-bond acceptors (Lipinski definition) is 5. The average molecular weight is 452 g/mol. The van der Waals surface area contributed by atoms with Crippen molar-refractivity contribution in [2.24, 2.45) is 4.99 Å². The number of pyridine rings is 1. The first-order valence-electron chi connectivity index (χ1n) is 11.2. The summed E-state index contributed by atoms with van der Waals surface area (Å²) in [6.07, 6.45) is 0.766. The molecule has 2 aliphatic rings. The van der Waals surface area contributed by atoms with Gasteiger partial charge in [-0.15, -0.1) is 0 Å². The van der Waals surface area contributed by atoms with Crippen molar-refractivity contribution in [2.75, 3.05) is 35.3 Å². The molecule has 3 heterocycles. The molecule has 1 N–H and O–H groups in total. The van der Waals surface area contributed by atoms with E-state index in [0.717, 1.165) is 27.8 Å². The maximum Gasteiger partial charge on any atom is 0.272 e. The number of rotatable bonds is 3. The summed E-state index contributed by atoms with van der Waals surface area (Å²) in [4.78, 5) is 27.0. The zero-order chi connectivity index (χ0) is 23.2. The summed E-state index contributed by atoms with van der Waals surface area (Å²) in [5.74, 6) is -0.559. The Labute approximate surface area is 196 Å². The van der Waals surface area contributed by atoms with Gasteiger partial charge in [0.25, 0.3) is 5.91 Å². The monoisotopic (exact) mass is 451 g/mol. The van der Waals surface area contributed by atoms with Crippen molar-refractivity contribution < 1.29 is 9.18 Å². The molecule has 0 spiro atoms. The van der Waals surface area contributed by atoms with Crippen LogP contribution in [-0.4, -0.2) is 42.9 Å². The molecule has 168 valence electrons. The van der Waals surface area contributed by atoms with Gasteiger partial charge in [0.1, 0.15) is 5.82 Å². The second-order valence-corrected chi connectivity index (χ2v) is 8.51. The predicted octanol–water partition coefficient (Wildman–Crippen LogP) is 4.45. The number of carbonyl (C=O) groups is 1. The molecule has 1 amide bonds. The molecular formula is C27H22FN5O. The van der Waals surface area contributed by atoms with E-state index in [4.69, 9.17) is 4.99 Å². The Morgan fingerprint density at radius 1 is 0.971 bits per heavy atom. The molecule has 7 heteroatoms. The zero-order valence-electron chi connectivity index (χ0n) is 18.6. The highest BCUT2D eigenvalue weighted by atomic mass is 19.1. The van der Waals surface area contributed by atoms with Crippen LogP contribution in [0.1, 0.15) is 11.1 Å². The molecule has 1 atom stereocenters. The van der Waals surface area contributed by atoms with Gasteiger partial charge in [-0.1, -0.05) is 42.5 Å². The molecule has 2 aliphatic heterocycles. The topological polar surface area (TPSA) is 60.8 Å². The van der Waals surface area contributed by atoms with Gasteiger partial charge in [0.05, 0.1) is 34.5 Å². The highest BCUT2D eigenvalue weighted by Gasteiger charge is 2.37. The van der Waals surface area contributed by atoms with Crippen molar-refractivity contribution in [3.63, 3.8) is 0 Å². The molecule has 0 aliphatic carbocycles. The first-order chi connectivity index (χ1) is 16.6. The number of nitrogens with zero attached hydrogens (tertiary/aromatic N) is 4. The molecule has 6 rings (SSSR count). The minimum Gasteiger partial charge on any atom is -0.371 e. The number of halogens is 1. The summed E-state index contributed by atoms with van der Waals surface area (Å²) in [5.41, 5.74) is 4.79. The number of fused-ring (bicyclic) bond motifs is 1.